The largest absolute Gasteiger partial charge is 0.353 e. The number of carbonyl (C=O) groups is 1. The molecule has 2 saturated carbocycles. The van der Waals surface area contributed by atoms with Crippen molar-refractivity contribution >= 4 is 22.4 Å². The summed E-state index contributed by atoms with van der Waals surface area (Å²) in [6, 6.07) is 0.482. The van der Waals surface area contributed by atoms with E-state index in [0.29, 0.717) is 6.04 Å². The Bertz CT molecular complexity index is 472. The van der Waals surface area contributed by atoms with Crippen LogP contribution >= 0.6 is 11.3 Å². The fourth-order valence-corrected chi connectivity index (χ4v) is 3.65. The molecule has 1 aromatic rings. The lowest BCUT2D eigenvalue weighted by molar-refractivity contribution is -0.123. The van der Waals surface area contributed by atoms with Gasteiger partial charge in [-0.2, -0.15) is 0 Å². The highest BCUT2D eigenvalue weighted by Gasteiger charge is 2.61. The quantitative estimate of drug-likeness (QED) is 0.886. The van der Waals surface area contributed by atoms with Gasteiger partial charge in [-0.3, -0.25) is 4.79 Å². The van der Waals surface area contributed by atoms with Crippen LogP contribution in [0.1, 0.15) is 25.7 Å². The zero-order valence-corrected chi connectivity index (χ0v) is 10.9. The third-order valence-corrected chi connectivity index (χ3v) is 5.18. The second kappa shape index (κ2) is 3.66. The Labute approximate surface area is 110 Å². The summed E-state index contributed by atoms with van der Waals surface area (Å²) in [6.45, 7) is 1.99. The molecule has 4 rings (SSSR count). The van der Waals surface area contributed by atoms with E-state index in [0.717, 1.165) is 31.1 Å². The second-order valence-electron chi connectivity index (χ2n) is 5.79. The fourth-order valence-electron chi connectivity index (χ4n) is 3.06. The van der Waals surface area contributed by atoms with Crippen molar-refractivity contribution < 1.29 is 4.79 Å². The van der Waals surface area contributed by atoms with Crippen molar-refractivity contribution in [1.29, 1.82) is 0 Å². The van der Waals surface area contributed by atoms with Crippen molar-refractivity contribution in [2.24, 2.45) is 11.3 Å². The summed E-state index contributed by atoms with van der Waals surface area (Å²) in [4.78, 5) is 14.3. The molecule has 18 heavy (non-hydrogen) atoms. The van der Waals surface area contributed by atoms with Crippen LogP contribution in [-0.4, -0.2) is 35.2 Å². The molecule has 96 valence electrons. The van der Waals surface area contributed by atoms with Crippen molar-refractivity contribution in [2.45, 2.75) is 31.7 Å². The molecule has 3 fully saturated rings. The van der Waals surface area contributed by atoms with Crippen LogP contribution in [0.3, 0.4) is 0 Å². The van der Waals surface area contributed by atoms with Crippen molar-refractivity contribution in [3.05, 3.63) is 5.51 Å². The normalized spacial score (nSPS) is 34.0. The van der Waals surface area contributed by atoms with Gasteiger partial charge in [0, 0.05) is 30.5 Å². The van der Waals surface area contributed by atoms with Crippen LogP contribution in [0.5, 0.6) is 0 Å². The number of amides is 1. The first-order valence-corrected chi connectivity index (χ1v) is 7.46. The summed E-state index contributed by atoms with van der Waals surface area (Å²) in [5.74, 6) is 0.535. The van der Waals surface area contributed by atoms with E-state index in [1.807, 2.05) is 0 Å². The Morgan fingerprint density at radius 1 is 1.56 bits per heavy atom. The molecule has 2 atom stereocenters. The van der Waals surface area contributed by atoms with Gasteiger partial charge in [0.1, 0.15) is 5.51 Å². The van der Waals surface area contributed by atoms with E-state index in [2.05, 4.69) is 20.4 Å². The fraction of sp³-hybridized carbons (Fsp3) is 0.750. The lowest BCUT2D eigenvalue weighted by Gasteiger charge is -2.14. The minimum atomic E-state index is 0.241. The Hall–Kier alpha value is -1.17. The highest BCUT2D eigenvalue weighted by molar-refractivity contribution is 7.13. The standard InChI is InChI=1S/C12H16N4OS/c17-10(14-8-1-2-8)9-5-12(9)3-4-16(6-12)11-15-13-7-18-11/h7-9H,1-6H2,(H,14,17)/t9-,12-/m0/s1. The van der Waals surface area contributed by atoms with Crippen molar-refractivity contribution in [3.8, 4) is 0 Å². The monoisotopic (exact) mass is 264 g/mol. The van der Waals surface area contributed by atoms with Gasteiger partial charge < -0.3 is 10.2 Å². The van der Waals surface area contributed by atoms with Crippen LogP contribution < -0.4 is 10.2 Å². The van der Waals surface area contributed by atoms with Gasteiger partial charge in [-0.05, 0) is 25.7 Å². The summed E-state index contributed by atoms with van der Waals surface area (Å²) >= 11 is 1.58. The summed E-state index contributed by atoms with van der Waals surface area (Å²) in [6.07, 6.45) is 4.51. The van der Waals surface area contributed by atoms with Gasteiger partial charge in [-0.15, -0.1) is 10.2 Å². The molecule has 1 aromatic heterocycles. The molecule has 0 aromatic carbocycles. The minimum absolute atomic E-state index is 0.241. The van der Waals surface area contributed by atoms with Crippen LogP contribution in [0.2, 0.25) is 0 Å². The Balaban J connectivity index is 1.40. The molecule has 1 saturated heterocycles. The number of hydrogen-bond donors (Lipinski definition) is 1. The predicted molar refractivity (Wildman–Crippen MR) is 68.4 cm³/mol. The van der Waals surface area contributed by atoms with Gasteiger partial charge in [0.2, 0.25) is 11.0 Å². The maximum absolute atomic E-state index is 12.1. The molecule has 1 amide bonds. The molecule has 0 radical (unpaired) electrons. The van der Waals surface area contributed by atoms with E-state index in [9.17, 15) is 4.79 Å². The maximum Gasteiger partial charge on any atom is 0.223 e. The van der Waals surface area contributed by atoms with Crippen LogP contribution in [-0.2, 0) is 4.79 Å². The van der Waals surface area contributed by atoms with E-state index in [-0.39, 0.29) is 17.2 Å². The second-order valence-corrected chi connectivity index (χ2v) is 6.61. The van der Waals surface area contributed by atoms with Crippen LogP contribution in [0, 0.1) is 11.3 Å². The Kier molecular flexibility index (Phi) is 2.18. The molecule has 1 N–H and O–H groups in total. The number of carbonyl (C=O) groups excluding carboxylic acids is 1. The van der Waals surface area contributed by atoms with Crippen LogP contribution in [0.25, 0.3) is 0 Å². The van der Waals surface area contributed by atoms with Crippen molar-refractivity contribution in [1.82, 2.24) is 15.5 Å². The molecule has 2 heterocycles. The predicted octanol–water partition coefficient (Wildman–Crippen LogP) is 1.03. The molecule has 5 nitrogen and oxygen atoms in total. The number of aromatic nitrogens is 2. The zero-order valence-electron chi connectivity index (χ0n) is 10.1. The average molecular weight is 264 g/mol. The lowest BCUT2D eigenvalue weighted by Crippen LogP contribution is -2.30. The molecule has 1 spiro atoms. The lowest BCUT2D eigenvalue weighted by atomic mass is 10.0. The van der Waals surface area contributed by atoms with Gasteiger partial charge in [0.25, 0.3) is 0 Å². The van der Waals surface area contributed by atoms with Crippen LogP contribution in [0.4, 0.5) is 5.13 Å². The summed E-state index contributed by atoms with van der Waals surface area (Å²) in [5, 5.41) is 12.1. The molecular formula is C12H16N4OS. The maximum atomic E-state index is 12.1. The average Bonchev–Trinajstić information content (AvgIpc) is 3.15. The summed E-state index contributed by atoms with van der Waals surface area (Å²) in [7, 11) is 0. The molecule has 0 unspecified atom stereocenters. The zero-order chi connectivity index (χ0) is 12.2. The van der Waals surface area contributed by atoms with E-state index in [1.165, 1.54) is 12.8 Å². The smallest absolute Gasteiger partial charge is 0.223 e. The van der Waals surface area contributed by atoms with Crippen LogP contribution in [0.15, 0.2) is 5.51 Å². The molecular weight excluding hydrogens is 248 g/mol. The summed E-state index contributed by atoms with van der Waals surface area (Å²) < 4.78 is 0. The number of rotatable bonds is 3. The Morgan fingerprint density at radius 2 is 2.44 bits per heavy atom. The van der Waals surface area contributed by atoms with Gasteiger partial charge >= 0.3 is 0 Å². The number of hydrogen-bond acceptors (Lipinski definition) is 5. The molecule has 3 aliphatic rings. The SMILES string of the molecule is O=C(NC1CC1)[C@@H]1C[C@]12CCN(c1nncs1)C2. The van der Waals surface area contributed by atoms with Crippen molar-refractivity contribution in [3.63, 3.8) is 0 Å². The van der Waals surface area contributed by atoms with E-state index < -0.39 is 0 Å². The van der Waals surface area contributed by atoms with Gasteiger partial charge in [-0.1, -0.05) is 11.3 Å². The van der Waals surface area contributed by atoms with E-state index in [4.69, 9.17) is 0 Å². The first kappa shape index (κ1) is 10.7. The highest BCUT2D eigenvalue weighted by Crippen LogP contribution is 2.59. The summed E-state index contributed by atoms with van der Waals surface area (Å²) in [5.41, 5.74) is 2.01. The molecule has 6 heteroatoms. The van der Waals surface area contributed by atoms with Gasteiger partial charge in [-0.25, -0.2) is 0 Å². The van der Waals surface area contributed by atoms with E-state index in [1.54, 1.807) is 16.8 Å². The third-order valence-electron chi connectivity index (χ3n) is 4.43. The third kappa shape index (κ3) is 1.70. The topological polar surface area (TPSA) is 58.1 Å². The molecule has 0 bridgehead atoms. The molecule has 2 aliphatic carbocycles. The minimum Gasteiger partial charge on any atom is -0.353 e. The molecule has 1 aliphatic heterocycles. The van der Waals surface area contributed by atoms with Crippen molar-refractivity contribution in [2.75, 3.05) is 18.0 Å². The number of nitrogens with zero attached hydrogens (tertiary/aromatic N) is 3. The first-order chi connectivity index (χ1) is 8.77. The first-order valence-electron chi connectivity index (χ1n) is 6.58. The Morgan fingerprint density at radius 3 is 3.17 bits per heavy atom. The van der Waals surface area contributed by atoms with Gasteiger partial charge in [0.15, 0.2) is 0 Å². The van der Waals surface area contributed by atoms with E-state index >= 15 is 0 Å². The van der Waals surface area contributed by atoms with Gasteiger partial charge in [0.05, 0.1) is 0 Å². The number of nitrogens with one attached hydrogen (secondary N) is 1. The highest BCUT2D eigenvalue weighted by atomic mass is 32.1. The number of anilines is 1.